The van der Waals surface area contributed by atoms with Gasteiger partial charge in [-0.3, -0.25) is 0 Å². The number of hydrogen-bond donors (Lipinski definition) is 0. The quantitative estimate of drug-likeness (QED) is 0.653. The predicted octanol–water partition coefficient (Wildman–Crippen LogP) is 3.59. The second-order valence-corrected chi connectivity index (χ2v) is 7.00. The van der Waals surface area contributed by atoms with Gasteiger partial charge in [0.1, 0.15) is 5.82 Å². The zero-order chi connectivity index (χ0) is 16.9. The normalized spacial score (nSPS) is 11.3. The lowest BCUT2D eigenvalue weighted by atomic mass is 10.1. The third kappa shape index (κ3) is 4.23. The lowest BCUT2D eigenvalue weighted by Crippen LogP contribution is -2.02. The van der Waals surface area contributed by atoms with Crippen LogP contribution in [0.25, 0.3) is 5.69 Å². The largest absolute Gasteiger partial charge is 0.338 e. The average Bonchev–Trinajstić information content (AvgIpc) is 3.14. The van der Waals surface area contributed by atoms with Crippen molar-refractivity contribution in [2.45, 2.75) is 38.7 Å². The highest BCUT2D eigenvalue weighted by Crippen LogP contribution is 2.19. The molecule has 0 N–H and O–H groups in total. The van der Waals surface area contributed by atoms with Crippen molar-refractivity contribution in [1.29, 1.82) is 0 Å². The SMILES string of the molecule is Cc1noc(CSCc2nc(CC(C)C)nn2-c2ccccc2)n1. The molecule has 0 aliphatic carbocycles. The molecule has 1 aromatic carbocycles. The molecule has 3 rings (SSSR count). The van der Waals surface area contributed by atoms with Gasteiger partial charge in [0.2, 0.25) is 5.89 Å². The van der Waals surface area contributed by atoms with Crippen LogP contribution >= 0.6 is 11.8 Å². The summed E-state index contributed by atoms with van der Waals surface area (Å²) >= 11 is 1.69. The van der Waals surface area contributed by atoms with Gasteiger partial charge in [-0.2, -0.15) is 10.1 Å². The first kappa shape index (κ1) is 16.7. The maximum atomic E-state index is 5.15. The Bertz CT molecular complexity index is 781. The van der Waals surface area contributed by atoms with Crippen LogP contribution in [0.4, 0.5) is 0 Å². The van der Waals surface area contributed by atoms with E-state index in [4.69, 9.17) is 14.6 Å². The molecule has 0 bridgehead atoms. The van der Waals surface area contributed by atoms with Crippen LogP contribution in [0.3, 0.4) is 0 Å². The van der Waals surface area contributed by atoms with E-state index in [1.54, 1.807) is 11.8 Å². The van der Waals surface area contributed by atoms with Crippen molar-refractivity contribution in [3.63, 3.8) is 0 Å². The Kier molecular flexibility index (Phi) is 5.30. The van der Waals surface area contributed by atoms with Crippen molar-refractivity contribution < 1.29 is 4.52 Å². The standard InChI is InChI=1S/C17H21N5OS/c1-12(2)9-15-19-16(10-24-11-17-18-13(3)21-23-17)22(20-15)14-7-5-4-6-8-14/h4-8,12H,9-11H2,1-3H3. The number of nitrogens with zero attached hydrogens (tertiary/aromatic N) is 5. The van der Waals surface area contributed by atoms with Gasteiger partial charge < -0.3 is 4.52 Å². The minimum atomic E-state index is 0.526. The van der Waals surface area contributed by atoms with Gasteiger partial charge >= 0.3 is 0 Å². The molecule has 0 radical (unpaired) electrons. The van der Waals surface area contributed by atoms with E-state index in [9.17, 15) is 0 Å². The molecule has 7 heteroatoms. The van der Waals surface area contributed by atoms with Crippen LogP contribution in [0.2, 0.25) is 0 Å². The van der Waals surface area contributed by atoms with Gasteiger partial charge in [0.25, 0.3) is 0 Å². The smallest absolute Gasteiger partial charge is 0.236 e. The number of thioether (sulfide) groups is 1. The Hall–Kier alpha value is -2.15. The Balaban J connectivity index is 1.75. The summed E-state index contributed by atoms with van der Waals surface area (Å²) in [7, 11) is 0. The highest BCUT2D eigenvalue weighted by molar-refractivity contribution is 7.97. The fourth-order valence-corrected chi connectivity index (χ4v) is 3.10. The van der Waals surface area contributed by atoms with Gasteiger partial charge in [0.05, 0.1) is 17.2 Å². The molecule has 0 aliphatic heterocycles. The molecule has 0 unspecified atom stereocenters. The molecule has 2 aromatic heterocycles. The summed E-state index contributed by atoms with van der Waals surface area (Å²) in [5, 5.41) is 8.50. The number of hydrogen-bond acceptors (Lipinski definition) is 6. The molecule has 0 fully saturated rings. The van der Waals surface area contributed by atoms with Gasteiger partial charge in [0, 0.05) is 6.42 Å². The van der Waals surface area contributed by atoms with Gasteiger partial charge in [-0.15, -0.1) is 11.8 Å². The first-order valence-corrected chi connectivity index (χ1v) is 9.14. The first-order chi connectivity index (χ1) is 11.6. The van der Waals surface area contributed by atoms with Crippen molar-refractivity contribution in [3.05, 3.63) is 53.7 Å². The highest BCUT2D eigenvalue weighted by atomic mass is 32.2. The van der Waals surface area contributed by atoms with Crippen LogP contribution in [0.5, 0.6) is 0 Å². The Morgan fingerprint density at radius 3 is 2.58 bits per heavy atom. The van der Waals surface area contributed by atoms with E-state index in [-0.39, 0.29) is 0 Å². The summed E-state index contributed by atoms with van der Waals surface area (Å²) < 4.78 is 7.08. The maximum Gasteiger partial charge on any atom is 0.236 e. The molecule has 0 aliphatic rings. The fraction of sp³-hybridized carbons (Fsp3) is 0.412. The Morgan fingerprint density at radius 1 is 1.12 bits per heavy atom. The van der Waals surface area contributed by atoms with Crippen LogP contribution in [-0.2, 0) is 17.9 Å². The van der Waals surface area contributed by atoms with E-state index in [1.165, 1.54) is 0 Å². The molecule has 3 aromatic rings. The number of benzene rings is 1. The van der Waals surface area contributed by atoms with Gasteiger partial charge in [-0.1, -0.05) is 37.2 Å². The van der Waals surface area contributed by atoms with E-state index in [0.717, 1.165) is 29.5 Å². The van der Waals surface area contributed by atoms with Crippen LogP contribution in [0.15, 0.2) is 34.9 Å². The maximum absolute atomic E-state index is 5.15. The van der Waals surface area contributed by atoms with E-state index < -0.39 is 0 Å². The number of rotatable bonds is 7. The lowest BCUT2D eigenvalue weighted by molar-refractivity contribution is 0.387. The third-order valence-electron chi connectivity index (χ3n) is 3.34. The van der Waals surface area contributed by atoms with Crippen molar-refractivity contribution in [2.24, 2.45) is 5.92 Å². The number of para-hydroxylation sites is 1. The monoisotopic (exact) mass is 343 g/mol. The van der Waals surface area contributed by atoms with E-state index in [0.29, 0.717) is 23.4 Å². The molecule has 0 spiro atoms. The summed E-state index contributed by atoms with van der Waals surface area (Å²) in [5.41, 5.74) is 1.03. The molecule has 0 amide bonds. The van der Waals surface area contributed by atoms with E-state index >= 15 is 0 Å². The van der Waals surface area contributed by atoms with Gasteiger partial charge in [-0.05, 0) is 25.0 Å². The molecule has 0 saturated heterocycles. The Morgan fingerprint density at radius 2 is 1.92 bits per heavy atom. The predicted molar refractivity (Wildman–Crippen MR) is 93.9 cm³/mol. The van der Waals surface area contributed by atoms with Crippen molar-refractivity contribution >= 4 is 11.8 Å². The molecular weight excluding hydrogens is 322 g/mol. The average molecular weight is 343 g/mol. The summed E-state index contributed by atoms with van der Waals surface area (Å²) in [6.45, 7) is 6.17. The summed E-state index contributed by atoms with van der Waals surface area (Å²) in [4.78, 5) is 8.95. The highest BCUT2D eigenvalue weighted by Gasteiger charge is 2.13. The topological polar surface area (TPSA) is 69.6 Å². The summed E-state index contributed by atoms with van der Waals surface area (Å²) in [6, 6.07) is 10.1. The number of aryl methyl sites for hydroxylation is 1. The van der Waals surface area contributed by atoms with Crippen molar-refractivity contribution in [2.75, 3.05) is 0 Å². The zero-order valence-electron chi connectivity index (χ0n) is 14.1. The molecule has 0 saturated carbocycles. The second-order valence-electron chi connectivity index (χ2n) is 6.02. The fourth-order valence-electron chi connectivity index (χ4n) is 2.34. The van der Waals surface area contributed by atoms with Gasteiger partial charge in [0.15, 0.2) is 11.6 Å². The van der Waals surface area contributed by atoms with Gasteiger partial charge in [-0.25, -0.2) is 9.67 Å². The zero-order valence-corrected chi connectivity index (χ0v) is 15.0. The number of aromatic nitrogens is 5. The van der Waals surface area contributed by atoms with Crippen LogP contribution in [0.1, 0.15) is 37.2 Å². The molecule has 2 heterocycles. The van der Waals surface area contributed by atoms with Crippen molar-refractivity contribution in [1.82, 2.24) is 24.9 Å². The molecular formula is C17H21N5OS. The molecule has 6 nitrogen and oxygen atoms in total. The minimum Gasteiger partial charge on any atom is -0.338 e. The van der Waals surface area contributed by atoms with E-state index in [2.05, 4.69) is 24.0 Å². The van der Waals surface area contributed by atoms with Crippen molar-refractivity contribution in [3.8, 4) is 5.69 Å². The van der Waals surface area contributed by atoms with Crippen LogP contribution in [-0.4, -0.2) is 24.9 Å². The third-order valence-corrected chi connectivity index (χ3v) is 4.25. The summed E-state index contributed by atoms with van der Waals surface area (Å²) in [6.07, 6.45) is 0.875. The minimum absolute atomic E-state index is 0.526. The molecule has 24 heavy (non-hydrogen) atoms. The van der Waals surface area contributed by atoms with E-state index in [1.807, 2.05) is 41.9 Å². The lowest BCUT2D eigenvalue weighted by Gasteiger charge is -2.04. The first-order valence-electron chi connectivity index (χ1n) is 7.99. The van der Waals surface area contributed by atoms with Crippen LogP contribution < -0.4 is 0 Å². The van der Waals surface area contributed by atoms with Crippen LogP contribution in [0, 0.1) is 12.8 Å². The Labute approximate surface area is 145 Å². The second kappa shape index (κ2) is 7.61. The summed E-state index contributed by atoms with van der Waals surface area (Å²) in [5.74, 6) is 5.07. The molecule has 126 valence electrons. The molecule has 0 atom stereocenters.